The standard InChI is InChI=1S/C26H19FN6O4.C7H12FN/c1-13-22-21(25(35)37-23(13)17-9-16(34)8-15-4-3-5-18(27)20(15)17)24(32-26(31-22)36-2)28-10-14-6-7-19-29-12-30-33(19)11-14;8-6-4-7-2-1-3-9(7)5-6/h3-9,11-12,34H,10H2,1-2H3,(H,28,31,32);6-7H,1-5H2. The van der Waals surface area contributed by atoms with Gasteiger partial charge >= 0.3 is 11.6 Å². The highest BCUT2D eigenvalue weighted by Gasteiger charge is 2.34. The topological polar surface area (TPSA) is 131 Å². The number of nitrogens with one attached hydrogen (secondary N) is 1. The molecule has 0 spiro atoms. The number of benzene rings is 2. The number of aromatic nitrogens is 5. The van der Waals surface area contributed by atoms with Crippen molar-refractivity contribution in [2.45, 2.75) is 44.9 Å². The maximum atomic E-state index is 14.9. The number of phenols is 1. The van der Waals surface area contributed by atoms with E-state index in [1.54, 1.807) is 23.6 Å². The summed E-state index contributed by atoms with van der Waals surface area (Å²) in [4.78, 5) is 28.4. The first-order valence-corrected chi connectivity index (χ1v) is 15.0. The highest BCUT2D eigenvalue weighted by molar-refractivity contribution is 6.00. The smallest absolute Gasteiger partial charge is 0.349 e. The van der Waals surface area contributed by atoms with E-state index in [1.165, 1.54) is 44.5 Å². The zero-order valence-electron chi connectivity index (χ0n) is 25.2. The number of pyridine rings is 1. The summed E-state index contributed by atoms with van der Waals surface area (Å²) in [6.07, 6.45) is 6.08. The zero-order chi connectivity index (χ0) is 31.9. The van der Waals surface area contributed by atoms with Crippen LogP contribution in [-0.4, -0.2) is 67.0 Å². The first-order chi connectivity index (χ1) is 22.3. The Labute approximate surface area is 261 Å². The predicted molar refractivity (Wildman–Crippen MR) is 168 cm³/mol. The average molecular weight is 628 g/mol. The molecule has 2 atom stereocenters. The Hall–Kier alpha value is -5.17. The Morgan fingerprint density at radius 3 is 2.87 bits per heavy atom. The summed E-state index contributed by atoms with van der Waals surface area (Å²) in [6, 6.07) is 11.7. The molecule has 0 amide bonds. The van der Waals surface area contributed by atoms with Gasteiger partial charge in [0.2, 0.25) is 0 Å². The molecular formula is C33H31F2N7O4. The molecule has 13 heteroatoms. The largest absolute Gasteiger partial charge is 0.508 e. The molecule has 8 rings (SSSR count). The number of nitrogens with zero attached hydrogens (tertiary/aromatic N) is 6. The number of hydrogen-bond acceptors (Lipinski definition) is 10. The second-order valence-electron chi connectivity index (χ2n) is 11.5. The van der Waals surface area contributed by atoms with Crippen LogP contribution in [0.4, 0.5) is 14.6 Å². The molecule has 2 N–H and O–H groups in total. The van der Waals surface area contributed by atoms with Crippen LogP contribution in [-0.2, 0) is 6.54 Å². The summed E-state index contributed by atoms with van der Waals surface area (Å²) in [7, 11) is 1.42. The molecule has 2 aliphatic heterocycles. The van der Waals surface area contributed by atoms with Crippen molar-refractivity contribution in [3.8, 4) is 23.1 Å². The third kappa shape index (κ3) is 5.47. The van der Waals surface area contributed by atoms with Gasteiger partial charge in [0.15, 0.2) is 5.65 Å². The van der Waals surface area contributed by atoms with Crippen LogP contribution in [0.25, 0.3) is 38.6 Å². The fourth-order valence-corrected chi connectivity index (χ4v) is 6.43. The lowest BCUT2D eigenvalue weighted by Gasteiger charge is -2.14. The van der Waals surface area contributed by atoms with Crippen molar-refractivity contribution < 1.29 is 23.0 Å². The van der Waals surface area contributed by atoms with Crippen molar-refractivity contribution in [2.24, 2.45) is 0 Å². The third-order valence-corrected chi connectivity index (χ3v) is 8.58. The van der Waals surface area contributed by atoms with Crippen LogP contribution in [0.3, 0.4) is 0 Å². The predicted octanol–water partition coefficient (Wildman–Crippen LogP) is 5.41. The molecule has 0 aliphatic carbocycles. The minimum absolute atomic E-state index is 0.0355. The maximum absolute atomic E-state index is 14.9. The van der Waals surface area contributed by atoms with Gasteiger partial charge in [0.25, 0.3) is 0 Å². The highest BCUT2D eigenvalue weighted by atomic mass is 19.1. The molecule has 2 saturated heterocycles. The summed E-state index contributed by atoms with van der Waals surface area (Å²) >= 11 is 0. The van der Waals surface area contributed by atoms with Crippen molar-refractivity contribution in [1.29, 1.82) is 0 Å². The number of alkyl halides is 1. The first-order valence-electron chi connectivity index (χ1n) is 15.0. The number of fused-ring (bicyclic) bond motifs is 4. The number of hydrogen-bond donors (Lipinski definition) is 2. The van der Waals surface area contributed by atoms with Gasteiger partial charge in [-0.05, 0) is 67.9 Å². The van der Waals surface area contributed by atoms with Gasteiger partial charge in [-0.25, -0.2) is 23.1 Å². The normalized spacial score (nSPS) is 17.7. The van der Waals surface area contributed by atoms with Crippen molar-refractivity contribution in [3.63, 3.8) is 0 Å². The van der Waals surface area contributed by atoms with E-state index in [0.717, 1.165) is 18.5 Å². The first kappa shape index (κ1) is 29.5. The van der Waals surface area contributed by atoms with Gasteiger partial charge in [0, 0.05) is 41.8 Å². The summed E-state index contributed by atoms with van der Waals surface area (Å²) < 4.78 is 40.1. The molecule has 2 aromatic carbocycles. The number of halogens is 2. The molecule has 6 aromatic rings. The SMILES string of the molecule is COc1nc(NCc2ccc3ncnn3c2)c2c(=O)oc(-c3cc(O)cc4cccc(F)c34)c(C)c2n1.FC1CC2CCCN2C1. The molecule has 0 saturated carbocycles. The van der Waals surface area contributed by atoms with E-state index in [1.807, 2.05) is 18.3 Å². The molecule has 2 fully saturated rings. The van der Waals surface area contributed by atoms with E-state index < -0.39 is 17.6 Å². The Morgan fingerprint density at radius 1 is 1.17 bits per heavy atom. The van der Waals surface area contributed by atoms with E-state index in [9.17, 15) is 18.7 Å². The Kier molecular flexibility index (Phi) is 7.69. The Morgan fingerprint density at radius 2 is 2.04 bits per heavy atom. The number of aryl methyl sites for hydroxylation is 1. The van der Waals surface area contributed by atoms with E-state index in [2.05, 4.69) is 30.3 Å². The second-order valence-corrected chi connectivity index (χ2v) is 11.5. The summed E-state index contributed by atoms with van der Waals surface area (Å²) in [5.41, 5.74) is 1.82. The molecule has 11 nitrogen and oxygen atoms in total. The Balaban J connectivity index is 0.000000321. The van der Waals surface area contributed by atoms with Gasteiger partial charge in [0.1, 0.15) is 41.0 Å². The fraction of sp³-hybridized carbons (Fsp3) is 0.303. The van der Waals surface area contributed by atoms with Crippen LogP contribution in [0.2, 0.25) is 0 Å². The number of rotatable bonds is 5. The summed E-state index contributed by atoms with van der Waals surface area (Å²) in [5.74, 6) is -0.299. The van der Waals surface area contributed by atoms with Crippen LogP contribution in [0, 0.1) is 12.7 Å². The number of phenolic OH excluding ortho intramolecular Hbond substituents is 1. The minimum atomic E-state index is -0.722. The van der Waals surface area contributed by atoms with Gasteiger partial charge in [-0.3, -0.25) is 4.90 Å². The third-order valence-electron chi connectivity index (χ3n) is 8.58. The van der Waals surface area contributed by atoms with E-state index in [0.29, 0.717) is 35.7 Å². The lowest BCUT2D eigenvalue weighted by molar-refractivity contribution is 0.292. The maximum Gasteiger partial charge on any atom is 0.349 e. The summed E-state index contributed by atoms with van der Waals surface area (Å²) in [6.45, 7) is 3.87. The van der Waals surface area contributed by atoms with Gasteiger partial charge in [-0.1, -0.05) is 18.2 Å². The van der Waals surface area contributed by atoms with Gasteiger partial charge in [-0.2, -0.15) is 15.1 Å². The number of ether oxygens (including phenoxy) is 1. The van der Waals surface area contributed by atoms with Crippen LogP contribution in [0.15, 0.2) is 64.2 Å². The van der Waals surface area contributed by atoms with Crippen LogP contribution >= 0.6 is 0 Å². The number of methoxy groups -OCH3 is 1. The molecular weight excluding hydrogens is 596 g/mol. The highest BCUT2D eigenvalue weighted by Crippen LogP contribution is 2.38. The monoisotopic (exact) mass is 627 g/mol. The van der Waals surface area contributed by atoms with Crippen LogP contribution in [0.1, 0.15) is 30.4 Å². The molecule has 0 bridgehead atoms. The van der Waals surface area contributed by atoms with Gasteiger partial charge < -0.3 is 19.6 Å². The second kappa shape index (κ2) is 12.0. The quantitative estimate of drug-likeness (QED) is 0.256. The minimum Gasteiger partial charge on any atom is -0.508 e. The van der Waals surface area contributed by atoms with E-state index in [4.69, 9.17) is 9.15 Å². The van der Waals surface area contributed by atoms with Crippen LogP contribution in [0.5, 0.6) is 11.8 Å². The van der Waals surface area contributed by atoms with Gasteiger partial charge in [-0.15, -0.1) is 0 Å². The molecule has 6 heterocycles. The molecule has 236 valence electrons. The van der Waals surface area contributed by atoms with Crippen LogP contribution < -0.4 is 15.7 Å². The van der Waals surface area contributed by atoms with Crippen molar-refractivity contribution in [1.82, 2.24) is 29.5 Å². The molecule has 4 aromatic heterocycles. The molecule has 46 heavy (non-hydrogen) atoms. The molecule has 0 radical (unpaired) electrons. The summed E-state index contributed by atoms with van der Waals surface area (Å²) in [5, 5.41) is 18.4. The number of anilines is 1. The number of aromatic hydroxyl groups is 1. The lowest BCUT2D eigenvalue weighted by atomic mass is 9.98. The van der Waals surface area contributed by atoms with Crippen molar-refractivity contribution in [3.05, 3.63) is 82.4 Å². The lowest BCUT2D eigenvalue weighted by Crippen LogP contribution is -2.22. The molecule has 2 aliphatic rings. The zero-order valence-corrected chi connectivity index (χ0v) is 25.2. The van der Waals surface area contributed by atoms with E-state index >= 15 is 0 Å². The molecule has 2 unspecified atom stereocenters. The van der Waals surface area contributed by atoms with Gasteiger partial charge in [0.05, 0.1) is 12.6 Å². The average Bonchev–Trinajstić information content (AvgIpc) is 3.78. The van der Waals surface area contributed by atoms with Crippen molar-refractivity contribution >= 4 is 33.1 Å². The Bertz CT molecular complexity index is 2140. The fourth-order valence-electron chi connectivity index (χ4n) is 6.43. The van der Waals surface area contributed by atoms with Crippen molar-refractivity contribution in [2.75, 3.05) is 25.5 Å². The van der Waals surface area contributed by atoms with E-state index in [-0.39, 0.29) is 45.2 Å².